The third-order valence-electron chi connectivity index (χ3n) is 4.79. The maximum atomic E-state index is 5.60. The summed E-state index contributed by atoms with van der Waals surface area (Å²) in [5.74, 6) is 2.23. The van der Waals surface area contributed by atoms with E-state index in [1.165, 1.54) is 0 Å². The summed E-state index contributed by atoms with van der Waals surface area (Å²) < 4.78 is 16.4. The summed E-state index contributed by atoms with van der Waals surface area (Å²) in [5.41, 5.74) is 1.09. The molecule has 6 nitrogen and oxygen atoms in total. The molecule has 0 heterocycles. The molecule has 0 aliphatic rings. The van der Waals surface area contributed by atoms with Crippen LogP contribution in [0.15, 0.2) is 23.2 Å². The van der Waals surface area contributed by atoms with E-state index in [9.17, 15) is 0 Å². The van der Waals surface area contributed by atoms with Crippen molar-refractivity contribution < 1.29 is 14.2 Å². The molecular formula is C21H37N3O3. The van der Waals surface area contributed by atoms with E-state index in [2.05, 4.69) is 56.3 Å². The average molecular weight is 380 g/mol. The first-order chi connectivity index (χ1) is 12.6. The molecule has 1 aromatic carbocycles. The van der Waals surface area contributed by atoms with Gasteiger partial charge in [0.2, 0.25) is 0 Å². The highest BCUT2D eigenvalue weighted by Crippen LogP contribution is 2.32. The van der Waals surface area contributed by atoms with Crippen molar-refractivity contribution in [3.05, 3.63) is 23.8 Å². The minimum atomic E-state index is -0.123. The van der Waals surface area contributed by atoms with Crippen LogP contribution in [-0.4, -0.2) is 53.5 Å². The number of methoxy groups -OCH3 is 3. The molecule has 0 spiro atoms. The Balaban J connectivity index is 2.76. The third-order valence-corrected chi connectivity index (χ3v) is 4.79. The molecule has 154 valence electrons. The largest absolute Gasteiger partial charge is 0.493 e. The summed E-state index contributed by atoms with van der Waals surface area (Å²) in [5, 5.41) is 6.78. The van der Waals surface area contributed by atoms with Crippen LogP contribution in [-0.2, 0) is 10.2 Å². The second kappa shape index (κ2) is 9.83. The van der Waals surface area contributed by atoms with Crippen molar-refractivity contribution in [2.45, 2.75) is 46.1 Å². The van der Waals surface area contributed by atoms with E-state index in [0.29, 0.717) is 6.54 Å². The standard InChI is InChI=1S/C21H37N3O3/c1-20(2,3)18(27-9)13-23-19(22-6)24-14-21(4,5)15-10-11-16(25-7)17(12-15)26-8/h10-12,18H,13-14H2,1-9H3,(H2,22,23,24). The van der Waals surface area contributed by atoms with E-state index < -0.39 is 0 Å². The number of nitrogens with zero attached hydrogens (tertiary/aromatic N) is 1. The van der Waals surface area contributed by atoms with Gasteiger partial charge in [0.25, 0.3) is 0 Å². The second-order valence-corrected chi connectivity index (χ2v) is 8.35. The van der Waals surface area contributed by atoms with Gasteiger partial charge < -0.3 is 24.8 Å². The monoisotopic (exact) mass is 379 g/mol. The van der Waals surface area contributed by atoms with Crippen LogP contribution in [0.2, 0.25) is 0 Å². The van der Waals surface area contributed by atoms with Gasteiger partial charge >= 0.3 is 0 Å². The molecule has 0 fully saturated rings. The van der Waals surface area contributed by atoms with Gasteiger partial charge in [0.05, 0.1) is 20.3 Å². The average Bonchev–Trinajstić information content (AvgIpc) is 2.62. The molecule has 2 N–H and O–H groups in total. The Morgan fingerprint density at radius 1 is 1.00 bits per heavy atom. The Hall–Kier alpha value is -1.95. The lowest BCUT2D eigenvalue weighted by Gasteiger charge is -2.31. The van der Waals surface area contributed by atoms with Gasteiger partial charge in [-0.3, -0.25) is 4.99 Å². The smallest absolute Gasteiger partial charge is 0.191 e. The molecule has 0 aromatic heterocycles. The summed E-state index contributed by atoms with van der Waals surface area (Å²) in [6.07, 6.45) is 0.0925. The molecule has 0 amide bonds. The number of hydrogen-bond acceptors (Lipinski definition) is 4. The van der Waals surface area contributed by atoms with Crippen LogP contribution in [0.1, 0.15) is 40.2 Å². The molecule has 0 radical (unpaired) electrons. The SMILES string of the molecule is CN=C(NCC(OC)C(C)(C)C)NCC(C)(C)c1ccc(OC)c(OC)c1. The quantitative estimate of drug-likeness (QED) is 0.536. The van der Waals surface area contributed by atoms with Crippen LogP contribution in [0.5, 0.6) is 11.5 Å². The Labute approximate surface area is 164 Å². The Morgan fingerprint density at radius 2 is 1.63 bits per heavy atom. The molecule has 1 atom stereocenters. The molecule has 0 bridgehead atoms. The summed E-state index contributed by atoms with van der Waals surface area (Å²) in [7, 11) is 6.82. The maximum absolute atomic E-state index is 5.60. The highest BCUT2D eigenvalue weighted by molar-refractivity contribution is 5.79. The van der Waals surface area contributed by atoms with Gasteiger partial charge in [-0.05, 0) is 23.1 Å². The molecule has 0 saturated heterocycles. The zero-order valence-corrected chi connectivity index (χ0v) is 18.4. The molecule has 0 saturated carbocycles. The molecule has 6 heteroatoms. The predicted octanol–water partition coefficient (Wildman–Crippen LogP) is 3.21. The van der Waals surface area contributed by atoms with E-state index in [-0.39, 0.29) is 16.9 Å². The van der Waals surface area contributed by atoms with Crippen molar-refractivity contribution >= 4 is 5.96 Å². The molecule has 1 aromatic rings. The van der Waals surface area contributed by atoms with E-state index >= 15 is 0 Å². The fraction of sp³-hybridized carbons (Fsp3) is 0.667. The first kappa shape index (κ1) is 23.1. The number of rotatable bonds is 8. The van der Waals surface area contributed by atoms with Gasteiger partial charge in [0, 0.05) is 32.7 Å². The molecule has 27 heavy (non-hydrogen) atoms. The predicted molar refractivity (Wildman–Crippen MR) is 112 cm³/mol. The summed E-state index contributed by atoms with van der Waals surface area (Å²) in [4.78, 5) is 4.33. The molecule has 1 rings (SSSR count). The van der Waals surface area contributed by atoms with E-state index in [0.717, 1.165) is 29.6 Å². The van der Waals surface area contributed by atoms with Crippen LogP contribution in [0.25, 0.3) is 0 Å². The van der Waals surface area contributed by atoms with Crippen molar-refractivity contribution in [2.75, 3.05) is 41.5 Å². The Kier molecular flexibility index (Phi) is 8.41. The highest BCUT2D eigenvalue weighted by Gasteiger charge is 2.25. The van der Waals surface area contributed by atoms with Gasteiger partial charge in [0.15, 0.2) is 17.5 Å². The van der Waals surface area contributed by atoms with Crippen molar-refractivity contribution in [2.24, 2.45) is 10.4 Å². The number of ether oxygens (including phenoxy) is 3. The third kappa shape index (κ3) is 6.61. The normalized spacial score (nSPS) is 13.9. The van der Waals surface area contributed by atoms with Gasteiger partial charge in [0.1, 0.15) is 0 Å². The minimum absolute atomic E-state index is 0.0551. The molecular weight excluding hydrogens is 342 g/mol. The van der Waals surface area contributed by atoms with E-state index in [1.807, 2.05) is 12.1 Å². The van der Waals surface area contributed by atoms with Gasteiger partial charge in [-0.25, -0.2) is 0 Å². The first-order valence-electron chi connectivity index (χ1n) is 9.29. The number of benzene rings is 1. The van der Waals surface area contributed by atoms with Crippen LogP contribution >= 0.6 is 0 Å². The lowest BCUT2D eigenvalue weighted by atomic mass is 9.84. The van der Waals surface area contributed by atoms with Gasteiger partial charge in [-0.2, -0.15) is 0 Å². The fourth-order valence-corrected chi connectivity index (χ4v) is 2.82. The lowest BCUT2D eigenvalue weighted by Crippen LogP contribution is -2.47. The summed E-state index contributed by atoms with van der Waals surface area (Å²) >= 11 is 0. The van der Waals surface area contributed by atoms with E-state index in [4.69, 9.17) is 14.2 Å². The van der Waals surface area contributed by atoms with Gasteiger partial charge in [-0.1, -0.05) is 40.7 Å². The fourth-order valence-electron chi connectivity index (χ4n) is 2.82. The van der Waals surface area contributed by atoms with E-state index in [1.54, 1.807) is 28.4 Å². The summed E-state index contributed by atoms with van der Waals surface area (Å²) in [6.45, 7) is 12.3. The van der Waals surface area contributed by atoms with Crippen molar-refractivity contribution in [3.63, 3.8) is 0 Å². The van der Waals surface area contributed by atoms with Crippen LogP contribution < -0.4 is 20.1 Å². The lowest BCUT2D eigenvalue weighted by molar-refractivity contribution is 0.0205. The molecule has 0 aliphatic heterocycles. The van der Waals surface area contributed by atoms with Crippen LogP contribution in [0, 0.1) is 5.41 Å². The van der Waals surface area contributed by atoms with Crippen LogP contribution in [0.3, 0.4) is 0 Å². The minimum Gasteiger partial charge on any atom is -0.493 e. The van der Waals surface area contributed by atoms with Crippen molar-refractivity contribution in [1.29, 1.82) is 0 Å². The maximum Gasteiger partial charge on any atom is 0.191 e. The topological polar surface area (TPSA) is 64.1 Å². The zero-order valence-electron chi connectivity index (χ0n) is 18.4. The van der Waals surface area contributed by atoms with Crippen LogP contribution in [0.4, 0.5) is 0 Å². The van der Waals surface area contributed by atoms with Crippen molar-refractivity contribution in [1.82, 2.24) is 10.6 Å². The summed E-state index contributed by atoms with van der Waals surface area (Å²) in [6, 6.07) is 6.03. The Bertz CT molecular complexity index is 622. The second-order valence-electron chi connectivity index (χ2n) is 8.35. The zero-order chi connectivity index (χ0) is 20.7. The van der Waals surface area contributed by atoms with Crippen molar-refractivity contribution in [3.8, 4) is 11.5 Å². The number of hydrogen-bond donors (Lipinski definition) is 2. The number of guanidine groups is 1. The number of nitrogens with one attached hydrogen (secondary N) is 2. The first-order valence-corrected chi connectivity index (χ1v) is 9.29. The molecule has 0 aliphatic carbocycles. The Morgan fingerprint density at radius 3 is 2.11 bits per heavy atom. The molecule has 1 unspecified atom stereocenters. The van der Waals surface area contributed by atoms with Gasteiger partial charge in [-0.15, -0.1) is 0 Å². The number of aliphatic imine (C=N–C) groups is 1. The highest BCUT2D eigenvalue weighted by atomic mass is 16.5.